The molecule has 3 rings (SSSR count). The maximum atomic E-state index is 12.2. The smallest absolute Gasteiger partial charge is 0.251 e. The van der Waals surface area contributed by atoms with E-state index in [1.807, 2.05) is 9.80 Å². The molecule has 3 heterocycles. The fourth-order valence-corrected chi connectivity index (χ4v) is 4.15. The molecule has 1 atom stereocenters. The van der Waals surface area contributed by atoms with E-state index in [-0.39, 0.29) is 29.2 Å². The van der Waals surface area contributed by atoms with Gasteiger partial charge in [-0.1, -0.05) is 0 Å². The van der Waals surface area contributed by atoms with Gasteiger partial charge in [-0.3, -0.25) is 14.4 Å². The number of carbonyl (C=O) groups excluding carboxylic acids is 2. The average molecular weight is 390 g/mol. The highest BCUT2D eigenvalue weighted by Crippen LogP contribution is 2.29. The van der Waals surface area contributed by atoms with Crippen molar-refractivity contribution in [1.82, 2.24) is 19.8 Å². The van der Waals surface area contributed by atoms with Crippen molar-refractivity contribution in [2.45, 2.75) is 50.9 Å². The molecule has 1 aromatic heterocycles. The summed E-state index contributed by atoms with van der Waals surface area (Å²) in [5.41, 5.74) is 0.641. The van der Waals surface area contributed by atoms with Crippen LogP contribution in [-0.2, 0) is 14.3 Å². The fourth-order valence-electron chi connectivity index (χ4n) is 4.15. The number of hydrogen-bond acceptors (Lipinski definition) is 5. The van der Waals surface area contributed by atoms with Crippen molar-refractivity contribution >= 4 is 11.8 Å². The highest BCUT2D eigenvalue weighted by atomic mass is 16.5. The van der Waals surface area contributed by atoms with Crippen molar-refractivity contribution in [1.29, 1.82) is 0 Å². The van der Waals surface area contributed by atoms with E-state index in [2.05, 4.69) is 4.98 Å². The van der Waals surface area contributed by atoms with Gasteiger partial charge in [0.2, 0.25) is 11.8 Å². The zero-order valence-electron chi connectivity index (χ0n) is 16.8. The first-order chi connectivity index (χ1) is 13.5. The van der Waals surface area contributed by atoms with Gasteiger partial charge in [-0.2, -0.15) is 0 Å². The Hall–Kier alpha value is -2.22. The first kappa shape index (κ1) is 20.5. The predicted molar refractivity (Wildman–Crippen MR) is 104 cm³/mol. The van der Waals surface area contributed by atoms with Gasteiger partial charge in [0.25, 0.3) is 5.56 Å². The molecule has 2 aliphatic rings. The third kappa shape index (κ3) is 4.98. The van der Waals surface area contributed by atoms with Crippen LogP contribution in [0.2, 0.25) is 0 Å². The lowest BCUT2D eigenvalue weighted by Gasteiger charge is -2.33. The van der Waals surface area contributed by atoms with Crippen molar-refractivity contribution in [3.05, 3.63) is 27.9 Å². The lowest BCUT2D eigenvalue weighted by atomic mass is 9.93. The second-order valence-electron chi connectivity index (χ2n) is 7.76. The molecule has 2 amide bonds. The monoisotopic (exact) mass is 390 g/mol. The van der Waals surface area contributed by atoms with Crippen LogP contribution >= 0.6 is 0 Å². The number of methoxy groups -OCH3 is 1. The lowest BCUT2D eigenvalue weighted by Crippen LogP contribution is -2.39. The molecule has 2 saturated heterocycles. The van der Waals surface area contributed by atoms with E-state index in [1.54, 1.807) is 20.1 Å². The average Bonchev–Trinajstić information content (AvgIpc) is 2.71. The Morgan fingerprint density at radius 1 is 1.18 bits per heavy atom. The van der Waals surface area contributed by atoms with Crippen molar-refractivity contribution in [2.75, 3.05) is 39.9 Å². The third-order valence-electron chi connectivity index (χ3n) is 5.82. The maximum Gasteiger partial charge on any atom is 0.251 e. The van der Waals surface area contributed by atoms with Crippen molar-refractivity contribution in [2.24, 2.45) is 0 Å². The molecule has 0 aromatic carbocycles. The Morgan fingerprint density at radius 2 is 1.93 bits per heavy atom. The minimum absolute atomic E-state index is 0.0697. The number of nitrogens with one attached hydrogen (secondary N) is 1. The highest BCUT2D eigenvalue weighted by Gasteiger charge is 2.28. The first-order valence-electron chi connectivity index (χ1n) is 10.1. The summed E-state index contributed by atoms with van der Waals surface area (Å²) in [4.78, 5) is 47.5. The number of aromatic nitrogens is 2. The molecule has 8 heteroatoms. The summed E-state index contributed by atoms with van der Waals surface area (Å²) in [7, 11) is 1.59. The van der Waals surface area contributed by atoms with Crippen LogP contribution in [-0.4, -0.2) is 71.5 Å². The summed E-state index contributed by atoms with van der Waals surface area (Å²) < 4.78 is 4.98. The molecule has 1 aromatic rings. The summed E-state index contributed by atoms with van der Waals surface area (Å²) in [6.45, 7) is 4.76. The zero-order valence-corrected chi connectivity index (χ0v) is 16.8. The molecule has 0 radical (unpaired) electrons. The van der Waals surface area contributed by atoms with Gasteiger partial charge in [0.05, 0.1) is 18.7 Å². The molecule has 0 bridgehead atoms. The molecular weight excluding hydrogens is 360 g/mol. The van der Waals surface area contributed by atoms with Gasteiger partial charge in [0.15, 0.2) is 0 Å². The summed E-state index contributed by atoms with van der Waals surface area (Å²) in [6, 6.07) is 1.57. The van der Waals surface area contributed by atoms with E-state index >= 15 is 0 Å². The second kappa shape index (κ2) is 9.32. The van der Waals surface area contributed by atoms with E-state index < -0.39 is 0 Å². The number of aromatic amines is 1. The van der Waals surface area contributed by atoms with E-state index in [0.717, 1.165) is 37.9 Å². The molecule has 0 spiro atoms. The normalized spacial score (nSPS) is 21.0. The van der Waals surface area contributed by atoms with E-state index in [9.17, 15) is 14.4 Å². The predicted octanol–water partition coefficient (Wildman–Crippen LogP) is 1.24. The van der Waals surface area contributed by atoms with Crippen molar-refractivity contribution in [3.8, 4) is 0 Å². The summed E-state index contributed by atoms with van der Waals surface area (Å²) in [5, 5.41) is 0. The molecule has 2 fully saturated rings. The molecule has 1 N–H and O–H groups in total. The van der Waals surface area contributed by atoms with E-state index in [1.165, 1.54) is 0 Å². The van der Waals surface area contributed by atoms with Crippen LogP contribution in [0.4, 0.5) is 0 Å². The largest absolute Gasteiger partial charge is 0.384 e. The van der Waals surface area contributed by atoms with Crippen LogP contribution in [0.25, 0.3) is 0 Å². The summed E-state index contributed by atoms with van der Waals surface area (Å²) in [5.74, 6) is 1.15. The molecule has 0 unspecified atom stereocenters. The topological polar surface area (TPSA) is 95.6 Å². The van der Waals surface area contributed by atoms with E-state index in [4.69, 9.17) is 9.72 Å². The minimum atomic E-state index is -0.140. The SMILES string of the molecule is COCCC(=O)N1CCC(c2nc([C@@H]3CCCN(C(C)=O)C3)cc(=O)[nH]2)CC1. The maximum absolute atomic E-state index is 12.2. The Morgan fingerprint density at radius 3 is 2.61 bits per heavy atom. The molecule has 0 saturated carbocycles. The zero-order chi connectivity index (χ0) is 20.1. The van der Waals surface area contributed by atoms with Gasteiger partial charge < -0.3 is 19.5 Å². The Balaban J connectivity index is 1.66. The number of likely N-dealkylation sites (tertiary alicyclic amines) is 2. The third-order valence-corrected chi connectivity index (χ3v) is 5.82. The van der Waals surface area contributed by atoms with Crippen LogP contribution in [0, 0.1) is 0 Å². The Labute approximate surface area is 165 Å². The molecular formula is C20H30N4O4. The van der Waals surface area contributed by atoms with Crippen LogP contribution in [0.15, 0.2) is 10.9 Å². The minimum Gasteiger partial charge on any atom is -0.384 e. The van der Waals surface area contributed by atoms with Gasteiger partial charge in [-0.15, -0.1) is 0 Å². The number of piperidine rings is 2. The van der Waals surface area contributed by atoms with Gasteiger partial charge in [-0.05, 0) is 25.7 Å². The summed E-state index contributed by atoms with van der Waals surface area (Å²) in [6.07, 6.45) is 3.84. The number of nitrogens with zero attached hydrogens (tertiary/aromatic N) is 3. The number of carbonyl (C=O) groups is 2. The number of hydrogen-bond donors (Lipinski definition) is 1. The first-order valence-corrected chi connectivity index (χ1v) is 10.1. The van der Waals surface area contributed by atoms with Crippen LogP contribution in [0.5, 0.6) is 0 Å². The number of H-pyrrole nitrogens is 1. The van der Waals surface area contributed by atoms with Gasteiger partial charge in [0, 0.05) is 58.1 Å². The van der Waals surface area contributed by atoms with Gasteiger partial charge in [0.1, 0.15) is 5.82 Å². The molecule has 8 nitrogen and oxygen atoms in total. The van der Waals surface area contributed by atoms with E-state index in [0.29, 0.717) is 38.5 Å². The standard InChI is InChI=1S/C20H30N4O4/c1-14(25)24-8-3-4-16(13-24)17-12-18(26)22-20(21-17)15-5-9-23(10-6-15)19(27)7-11-28-2/h12,15-16H,3-11,13H2,1-2H3,(H,21,22,26)/t16-/m1/s1. The quantitative estimate of drug-likeness (QED) is 0.816. The van der Waals surface area contributed by atoms with Gasteiger partial charge >= 0.3 is 0 Å². The molecule has 154 valence electrons. The Bertz CT molecular complexity index is 755. The van der Waals surface area contributed by atoms with Crippen LogP contribution in [0.1, 0.15) is 62.4 Å². The number of rotatable bonds is 5. The van der Waals surface area contributed by atoms with Crippen molar-refractivity contribution in [3.63, 3.8) is 0 Å². The second-order valence-corrected chi connectivity index (χ2v) is 7.76. The fraction of sp³-hybridized carbons (Fsp3) is 0.700. The lowest BCUT2D eigenvalue weighted by molar-refractivity contribution is -0.133. The van der Waals surface area contributed by atoms with Crippen LogP contribution < -0.4 is 5.56 Å². The number of ether oxygens (including phenoxy) is 1. The molecule has 28 heavy (non-hydrogen) atoms. The number of amides is 2. The Kier molecular flexibility index (Phi) is 6.83. The highest BCUT2D eigenvalue weighted by molar-refractivity contribution is 5.76. The molecule has 0 aliphatic carbocycles. The molecule has 2 aliphatic heterocycles. The van der Waals surface area contributed by atoms with Crippen LogP contribution in [0.3, 0.4) is 0 Å². The van der Waals surface area contributed by atoms with Crippen molar-refractivity contribution < 1.29 is 14.3 Å². The van der Waals surface area contributed by atoms with Gasteiger partial charge in [-0.25, -0.2) is 4.98 Å². The summed E-state index contributed by atoms with van der Waals surface area (Å²) >= 11 is 0.